The molecule has 0 aromatic heterocycles. The van der Waals surface area contributed by atoms with E-state index in [2.05, 4.69) is 12.1 Å². The first-order chi connectivity index (χ1) is 8.21. The number of rotatable bonds is 2. The molecule has 0 atom stereocenters. The molecule has 0 saturated carbocycles. The van der Waals surface area contributed by atoms with Gasteiger partial charge in [-0.1, -0.05) is 12.1 Å². The predicted molar refractivity (Wildman–Crippen MR) is 61.2 cm³/mol. The highest BCUT2D eigenvalue weighted by atomic mass is 32.2. The minimum Gasteiger partial charge on any atom is -0.282 e. The first kappa shape index (κ1) is 13.0. The van der Waals surface area contributed by atoms with Crippen molar-refractivity contribution in [2.75, 3.05) is 0 Å². The Hall–Kier alpha value is -1.48. The van der Waals surface area contributed by atoms with Gasteiger partial charge < -0.3 is 0 Å². The monoisotopic (exact) mass is 286 g/mol. The van der Waals surface area contributed by atoms with Crippen molar-refractivity contribution >= 4 is 31.0 Å². The number of hydrogen-bond acceptors (Lipinski definition) is 4. The largest absolute Gasteiger partial charge is 0.295 e. The van der Waals surface area contributed by atoms with E-state index in [1.807, 2.05) is 0 Å². The summed E-state index contributed by atoms with van der Waals surface area (Å²) in [7, 11) is -9.06. The fourth-order valence-corrected chi connectivity index (χ4v) is 2.90. The Balaban J connectivity index is 3.00. The highest BCUT2D eigenvalue weighted by Crippen LogP contribution is 2.27. The maximum Gasteiger partial charge on any atom is 0.295 e. The minimum atomic E-state index is -4.55. The van der Waals surface area contributed by atoms with E-state index < -0.39 is 30.0 Å². The number of hydrogen-bond donors (Lipinski definition) is 2. The van der Waals surface area contributed by atoms with Crippen LogP contribution in [0, 0.1) is 12.1 Å². The van der Waals surface area contributed by atoms with Crippen LogP contribution in [0.2, 0.25) is 0 Å². The van der Waals surface area contributed by atoms with E-state index in [1.54, 1.807) is 0 Å². The molecule has 0 amide bonds. The van der Waals surface area contributed by atoms with Crippen molar-refractivity contribution in [3.05, 3.63) is 36.4 Å². The van der Waals surface area contributed by atoms with Gasteiger partial charge in [0.15, 0.2) is 0 Å². The molecule has 2 aromatic carbocycles. The molecule has 94 valence electrons. The second-order valence-corrected chi connectivity index (χ2v) is 6.16. The molecule has 0 fully saturated rings. The van der Waals surface area contributed by atoms with Crippen molar-refractivity contribution < 1.29 is 25.9 Å². The fraction of sp³-hybridized carbons (Fsp3) is 0. The van der Waals surface area contributed by atoms with Gasteiger partial charge in [-0.3, -0.25) is 9.11 Å². The van der Waals surface area contributed by atoms with E-state index in [1.165, 1.54) is 12.1 Å². The summed E-state index contributed by atoms with van der Waals surface area (Å²) in [4.78, 5) is -1.05. The van der Waals surface area contributed by atoms with Gasteiger partial charge in [0.25, 0.3) is 20.2 Å². The van der Waals surface area contributed by atoms with Crippen LogP contribution in [0.3, 0.4) is 0 Å². The van der Waals surface area contributed by atoms with Crippen LogP contribution in [0.15, 0.2) is 34.1 Å². The Kier molecular flexibility index (Phi) is 2.90. The molecule has 2 N–H and O–H groups in total. The Labute approximate surface area is 103 Å². The van der Waals surface area contributed by atoms with E-state index in [0.717, 1.165) is 12.1 Å². The molecule has 0 heterocycles. The van der Waals surface area contributed by atoms with Crippen molar-refractivity contribution in [1.82, 2.24) is 0 Å². The maximum atomic E-state index is 11.1. The summed E-state index contributed by atoms with van der Waals surface area (Å²) in [6.45, 7) is 0. The van der Waals surface area contributed by atoms with Gasteiger partial charge in [-0.15, -0.1) is 0 Å². The summed E-state index contributed by atoms with van der Waals surface area (Å²) in [5.41, 5.74) is 0. The highest BCUT2D eigenvalue weighted by Gasteiger charge is 2.19. The smallest absolute Gasteiger partial charge is 0.282 e. The molecule has 0 bridgehead atoms. The third-order valence-electron chi connectivity index (χ3n) is 2.25. The van der Waals surface area contributed by atoms with Crippen LogP contribution in [0.25, 0.3) is 10.8 Å². The van der Waals surface area contributed by atoms with Gasteiger partial charge in [-0.25, -0.2) is 0 Å². The van der Waals surface area contributed by atoms with Gasteiger partial charge in [-0.2, -0.15) is 16.8 Å². The molecule has 0 aliphatic carbocycles. The molecule has 6 nitrogen and oxygen atoms in total. The lowest BCUT2D eigenvalue weighted by molar-refractivity contribution is 0.481. The molecule has 8 heteroatoms. The molecular weight excluding hydrogens is 280 g/mol. The first-order valence-corrected chi connectivity index (χ1v) is 7.39. The summed E-state index contributed by atoms with van der Waals surface area (Å²) in [6, 6.07) is 9.28. The minimum absolute atomic E-state index is 0.0635. The average molecular weight is 286 g/mol. The molecule has 2 aromatic rings. The van der Waals surface area contributed by atoms with E-state index in [-0.39, 0.29) is 10.8 Å². The Morgan fingerprint density at radius 1 is 0.944 bits per heavy atom. The van der Waals surface area contributed by atoms with Crippen molar-refractivity contribution in [3.63, 3.8) is 0 Å². The Morgan fingerprint density at radius 2 is 1.61 bits per heavy atom. The summed E-state index contributed by atoms with van der Waals surface area (Å²) >= 11 is 0. The van der Waals surface area contributed by atoms with Crippen molar-refractivity contribution in [2.24, 2.45) is 0 Å². The van der Waals surface area contributed by atoms with Crippen molar-refractivity contribution in [3.8, 4) is 0 Å². The molecule has 0 saturated heterocycles. The van der Waals surface area contributed by atoms with Gasteiger partial charge in [-0.05, 0) is 18.2 Å². The van der Waals surface area contributed by atoms with Gasteiger partial charge in [0.05, 0.1) is 0 Å². The van der Waals surface area contributed by atoms with Crippen LogP contribution < -0.4 is 0 Å². The molecule has 0 aliphatic rings. The van der Waals surface area contributed by atoms with Crippen LogP contribution >= 0.6 is 0 Å². The zero-order chi connectivity index (χ0) is 13.6. The lowest BCUT2D eigenvalue weighted by Crippen LogP contribution is -2.03. The van der Waals surface area contributed by atoms with Gasteiger partial charge in [0, 0.05) is 16.8 Å². The van der Waals surface area contributed by atoms with Gasteiger partial charge in [0.1, 0.15) is 9.79 Å². The molecular formula is C10H6O6S2. The topological polar surface area (TPSA) is 109 Å². The molecule has 2 rings (SSSR count). The van der Waals surface area contributed by atoms with Crippen LogP contribution in [-0.4, -0.2) is 25.9 Å². The highest BCUT2D eigenvalue weighted by molar-refractivity contribution is 7.86. The molecule has 18 heavy (non-hydrogen) atoms. The fourth-order valence-electron chi connectivity index (χ4n) is 1.56. The normalized spacial score (nSPS) is 12.8. The summed E-state index contributed by atoms with van der Waals surface area (Å²) in [5.74, 6) is 0. The standard InChI is InChI=1S/C10H6O6S2/c11-17(12,13)9-5-1-3-7-8(9)4-2-6-10(7)18(14,15)16/h1,3-5H,(H,11,12,13)(H,14,15,16). The van der Waals surface area contributed by atoms with Gasteiger partial charge in [0.2, 0.25) is 0 Å². The lowest BCUT2D eigenvalue weighted by atomic mass is 10.1. The zero-order valence-corrected chi connectivity index (χ0v) is 10.3. The van der Waals surface area contributed by atoms with Crippen LogP contribution in [0.1, 0.15) is 0 Å². The summed E-state index contributed by atoms with van der Waals surface area (Å²) in [5, 5.41) is -0.127. The van der Waals surface area contributed by atoms with Crippen LogP contribution in [-0.2, 0) is 20.2 Å². The van der Waals surface area contributed by atoms with Crippen LogP contribution in [0.5, 0.6) is 0 Å². The van der Waals surface area contributed by atoms with E-state index in [9.17, 15) is 16.8 Å². The van der Waals surface area contributed by atoms with Crippen molar-refractivity contribution in [1.29, 1.82) is 0 Å². The molecule has 0 spiro atoms. The van der Waals surface area contributed by atoms with Crippen LogP contribution in [0.4, 0.5) is 0 Å². The van der Waals surface area contributed by atoms with E-state index >= 15 is 0 Å². The average Bonchev–Trinajstić information content (AvgIpc) is 2.24. The third-order valence-corrected chi connectivity index (χ3v) is 4.00. The number of benzene rings is 2. The predicted octanol–water partition coefficient (Wildman–Crippen LogP) is 0.934. The Morgan fingerprint density at radius 3 is 2.17 bits per heavy atom. The van der Waals surface area contributed by atoms with Crippen molar-refractivity contribution in [2.45, 2.75) is 9.79 Å². The third kappa shape index (κ3) is 2.23. The molecule has 0 unspecified atom stereocenters. The first-order valence-electron chi connectivity index (χ1n) is 4.51. The maximum absolute atomic E-state index is 11.1. The summed E-state index contributed by atoms with van der Waals surface area (Å²) < 4.78 is 62.5. The van der Waals surface area contributed by atoms with E-state index in [4.69, 9.17) is 9.11 Å². The Bertz CT molecular complexity index is 749. The SMILES string of the molecule is O=S(=O)(O)c1[c][c]cc2c(S(=O)(=O)O)cccc12. The zero-order valence-electron chi connectivity index (χ0n) is 8.65. The second kappa shape index (κ2) is 4.02. The lowest BCUT2D eigenvalue weighted by Gasteiger charge is -2.06. The molecule has 2 radical (unpaired) electrons. The summed E-state index contributed by atoms with van der Waals surface area (Å²) in [6.07, 6.45) is 0. The quantitative estimate of drug-likeness (QED) is 0.795. The van der Waals surface area contributed by atoms with E-state index in [0.29, 0.717) is 0 Å². The van der Waals surface area contributed by atoms with Gasteiger partial charge >= 0.3 is 0 Å². The number of fused-ring (bicyclic) bond motifs is 1. The second-order valence-electron chi connectivity index (χ2n) is 3.41. The molecule has 0 aliphatic heterocycles.